The molecule has 0 aliphatic heterocycles. The number of nitriles is 1. The van der Waals surface area contributed by atoms with Crippen LogP contribution in [-0.4, -0.2) is 26.4 Å². The first-order chi connectivity index (χ1) is 14.7. The molecule has 1 saturated carbocycles. The lowest BCUT2D eigenvalue weighted by Gasteiger charge is -2.20. The van der Waals surface area contributed by atoms with E-state index < -0.39 is 0 Å². The van der Waals surface area contributed by atoms with Gasteiger partial charge in [-0.25, -0.2) is 0 Å². The molecule has 0 bridgehead atoms. The van der Waals surface area contributed by atoms with Gasteiger partial charge >= 0.3 is 0 Å². The SMILES string of the molecule is Cn1c(CCC2CCCCC2)nnc1SCC(=O)Nc1sc2c(c1C#N)CCCC2. The molecule has 1 amide bonds. The Kier molecular flexibility index (Phi) is 7.11. The highest BCUT2D eigenvalue weighted by Gasteiger charge is 2.22. The van der Waals surface area contributed by atoms with Crippen molar-refractivity contribution in [2.75, 3.05) is 11.1 Å². The number of hydrogen-bond acceptors (Lipinski definition) is 6. The zero-order valence-corrected chi connectivity index (χ0v) is 19.2. The van der Waals surface area contributed by atoms with E-state index in [1.165, 1.54) is 55.2 Å². The molecule has 0 aromatic carbocycles. The van der Waals surface area contributed by atoms with Gasteiger partial charge in [-0.15, -0.1) is 21.5 Å². The number of carbonyl (C=O) groups excluding carboxylic acids is 1. The summed E-state index contributed by atoms with van der Waals surface area (Å²) in [5, 5.41) is 22.6. The molecule has 2 aliphatic carbocycles. The van der Waals surface area contributed by atoms with E-state index >= 15 is 0 Å². The number of fused-ring (bicyclic) bond motifs is 1. The van der Waals surface area contributed by atoms with Crippen LogP contribution < -0.4 is 5.32 Å². The van der Waals surface area contributed by atoms with Crippen molar-refractivity contribution in [1.29, 1.82) is 5.26 Å². The summed E-state index contributed by atoms with van der Waals surface area (Å²) >= 11 is 2.97. The molecule has 2 heterocycles. The van der Waals surface area contributed by atoms with Crippen LogP contribution in [0, 0.1) is 17.2 Å². The van der Waals surface area contributed by atoms with Crippen LogP contribution in [0.5, 0.6) is 0 Å². The van der Waals surface area contributed by atoms with Crippen LogP contribution in [0.1, 0.15) is 73.2 Å². The third-order valence-corrected chi connectivity index (χ3v) is 8.52. The van der Waals surface area contributed by atoms with Crippen LogP contribution in [0.4, 0.5) is 5.00 Å². The molecule has 1 N–H and O–H groups in total. The van der Waals surface area contributed by atoms with E-state index in [0.717, 1.165) is 54.6 Å². The summed E-state index contributed by atoms with van der Waals surface area (Å²) in [5.41, 5.74) is 1.81. The molecule has 0 saturated heterocycles. The summed E-state index contributed by atoms with van der Waals surface area (Å²) < 4.78 is 2.02. The summed E-state index contributed by atoms with van der Waals surface area (Å²) in [4.78, 5) is 13.8. The number of aromatic nitrogens is 3. The van der Waals surface area contributed by atoms with E-state index in [-0.39, 0.29) is 11.7 Å². The van der Waals surface area contributed by atoms with Crippen LogP contribution in [0.25, 0.3) is 0 Å². The van der Waals surface area contributed by atoms with Gasteiger partial charge in [-0.1, -0.05) is 43.9 Å². The average molecular weight is 444 g/mol. The molecule has 2 aromatic rings. The molecule has 30 heavy (non-hydrogen) atoms. The van der Waals surface area contributed by atoms with Crippen LogP contribution in [-0.2, 0) is 31.1 Å². The molecular formula is C22H29N5OS2. The fourth-order valence-electron chi connectivity index (χ4n) is 4.56. The Morgan fingerprint density at radius 2 is 2.03 bits per heavy atom. The summed E-state index contributed by atoms with van der Waals surface area (Å²) in [5.74, 6) is 1.99. The molecule has 0 atom stereocenters. The number of anilines is 1. The van der Waals surface area contributed by atoms with Crippen molar-refractivity contribution >= 4 is 34.0 Å². The number of hydrogen-bond donors (Lipinski definition) is 1. The summed E-state index contributed by atoms with van der Waals surface area (Å²) in [6.45, 7) is 0. The second-order valence-electron chi connectivity index (χ2n) is 8.36. The first-order valence-electron chi connectivity index (χ1n) is 11.0. The van der Waals surface area contributed by atoms with E-state index in [1.807, 2.05) is 11.6 Å². The Balaban J connectivity index is 1.31. The minimum Gasteiger partial charge on any atom is -0.316 e. The molecule has 0 radical (unpaired) electrons. The minimum atomic E-state index is -0.0955. The fraction of sp³-hybridized carbons (Fsp3) is 0.636. The van der Waals surface area contributed by atoms with Crippen molar-refractivity contribution in [2.45, 2.75) is 75.8 Å². The smallest absolute Gasteiger partial charge is 0.235 e. The zero-order chi connectivity index (χ0) is 20.9. The van der Waals surface area contributed by atoms with Crippen molar-refractivity contribution in [3.8, 4) is 6.07 Å². The van der Waals surface area contributed by atoms with Gasteiger partial charge in [0.15, 0.2) is 5.16 Å². The highest BCUT2D eigenvalue weighted by molar-refractivity contribution is 7.99. The fourth-order valence-corrected chi connectivity index (χ4v) is 6.55. The van der Waals surface area contributed by atoms with E-state index in [1.54, 1.807) is 11.3 Å². The molecule has 8 heteroatoms. The summed E-state index contributed by atoms with van der Waals surface area (Å²) in [6.07, 6.45) is 13.2. The van der Waals surface area contributed by atoms with Gasteiger partial charge in [0.2, 0.25) is 5.91 Å². The van der Waals surface area contributed by atoms with Gasteiger partial charge in [0.05, 0.1) is 11.3 Å². The number of thiophene rings is 1. The van der Waals surface area contributed by atoms with Gasteiger partial charge in [0.1, 0.15) is 16.9 Å². The number of rotatable bonds is 7. The van der Waals surface area contributed by atoms with Crippen molar-refractivity contribution in [3.63, 3.8) is 0 Å². The predicted octanol–water partition coefficient (Wildman–Crippen LogP) is 4.87. The standard InChI is InChI=1S/C22H29N5OS2/c1-27-19(12-11-15-7-3-2-4-8-15)25-26-22(27)29-14-20(28)24-21-17(13-23)16-9-5-6-10-18(16)30-21/h15H,2-12,14H2,1H3,(H,24,28). The Labute approximate surface area is 186 Å². The van der Waals surface area contributed by atoms with Crippen LogP contribution in [0.3, 0.4) is 0 Å². The summed E-state index contributed by atoms with van der Waals surface area (Å²) in [7, 11) is 1.98. The lowest BCUT2D eigenvalue weighted by molar-refractivity contribution is -0.113. The molecule has 4 rings (SSSR count). The minimum absolute atomic E-state index is 0.0955. The molecule has 2 aromatic heterocycles. The Morgan fingerprint density at radius 1 is 1.23 bits per heavy atom. The Morgan fingerprint density at radius 3 is 2.83 bits per heavy atom. The summed E-state index contributed by atoms with van der Waals surface area (Å²) in [6, 6.07) is 2.30. The van der Waals surface area contributed by atoms with E-state index in [0.29, 0.717) is 10.6 Å². The topological polar surface area (TPSA) is 83.6 Å². The maximum Gasteiger partial charge on any atom is 0.235 e. The van der Waals surface area contributed by atoms with Crippen molar-refractivity contribution < 1.29 is 4.79 Å². The average Bonchev–Trinajstić information content (AvgIpc) is 3.30. The number of thioether (sulfide) groups is 1. The lowest BCUT2D eigenvalue weighted by atomic mass is 9.86. The van der Waals surface area contributed by atoms with E-state index in [2.05, 4.69) is 21.6 Å². The Bertz CT molecular complexity index is 936. The van der Waals surface area contributed by atoms with Crippen LogP contribution >= 0.6 is 23.1 Å². The monoisotopic (exact) mass is 443 g/mol. The molecule has 0 spiro atoms. The largest absolute Gasteiger partial charge is 0.316 e. The Hall–Kier alpha value is -1.85. The van der Waals surface area contributed by atoms with E-state index in [4.69, 9.17) is 0 Å². The highest BCUT2D eigenvalue weighted by Crippen LogP contribution is 2.37. The molecule has 2 aliphatic rings. The van der Waals surface area contributed by atoms with Gasteiger partial charge in [-0.2, -0.15) is 5.26 Å². The zero-order valence-electron chi connectivity index (χ0n) is 17.6. The van der Waals surface area contributed by atoms with Crippen molar-refractivity contribution in [1.82, 2.24) is 14.8 Å². The normalized spacial score (nSPS) is 16.8. The predicted molar refractivity (Wildman–Crippen MR) is 121 cm³/mol. The van der Waals surface area contributed by atoms with Crippen molar-refractivity contribution in [3.05, 3.63) is 21.8 Å². The number of nitrogens with one attached hydrogen (secondary N) is 1. The molecule has 6 nitrogen and oxygen atoms in total. The van der Waals surface area contributed by atoms with Gasteiger partial charge in [0.25, 0.3) is 0 Å². The molecule has 1 fully saturated rings. The van der Waals surface area contributed by atoms with E-state index in [9.17, 15) is 10.1 Å². The van der Waals surface area contributed by atoms with Crippen LogP contribution in [0.2, 0.25) is 0 Å². The number of nitrogens with zero attached hydrogens (tertiary/aromatic N) is 4. The molecular weight excluding hydrogens is 414 g/mol. The van der Waals surface area contributed by atoms with Crippen molar-refractivity contribution in [2.24, 2.45) is 13.0 Å². The number of carbonyl (C=O) groups is 1. The maximum atomic E-state index is 12.5. The quantitative estimate of drug-likeness (QED) is 0.617. The van der Waals surface area contributed by atoms with Crippen LogP contribution in [0.15, 0.2) is 5.16 Å². The first-order valence-corrected chi connectivity index (χ1v) is 12.8. The van der Waals surface area contributed by atoms with Gasteiger partial charge < -0.3 is 9.88 Å². The first kappa shape index (κ1) is 21.4. The maximum absolute atomic E-state index is 12.5. The molecule has 160 valence electrons. The highest BCUT2D eigenvalue weighted by atomic mass is 32.2. The molecule has 0 unspecified atom stereocenters. The second kappa shape index (κ2) is 9.97. The third kappa shape index (κ3) is 4.89. The number of amides is 1. The van der Waals surface area contributed by atoms with Gasteiger partial charge in [-0.3, -0.25) is 4.79 Å². The number of aryl methyl sites for hydroxylation is 2. The lowest BCUT2D eigenvalue weighted by Crippen LogP contribution is -2.14. The van der Waals surface area contributed by atoms with Gasteiger partial charge in [0, 0.05) is 18.3 Å². The second-order valence-corrected chi connectivity index (χ2v) is 10.4. The van der Waals surface area contributed by atoms with Gasteiger partial charge in [-0.05, 0) is 43.6 Å². The third-order valence-electron chi connectivity index (χ3n) is 6.29.